The first-order valence-corrected chi connectivity index (χ1v) is 7.84. The molecule has 1 unspecified atom stereocenters. The van der Waals surface area contributed by atoms with Crippen LogP contribution in [0, 0.1) is 5.41 Å². The van der Waals surface area contributed by atoms with Gasteiger partial charge in [-0.2, -0.15) is 5.10 Å². The van der Waals surface area contributed by atoms with E-state index in [0.717, 1.165) is 31.5 Å². The van der Waals surface area contributed by atoms with Gasteiger partial charge in [0, 0.05) is 43.9 Å². The van der Waals surface area contributed by atoms with Crippen molar-refractivity contribution in [1.29, 1.82) is 0 Å². The predicted molar refractivity (Wildman–Crippen MR) is 82.0 cm³/mol. The zero-order valence-corrected chi connectivity index (χ0v) is 13.1. The maximum Gasteiger partial charge on any atom is 0.271 e. The molecular formula is C16H22N4O2. The van der Waals surface area contributed by atoms with Crippen LogP contribution in [0.4, 0.5) is 0 Å². The molecule has 6 heteroatoms. The number of hydrogen-bond acceptors (Lipinski definition) is 3. The second-order valence-corrected chi connectivity index (χ2v) is 6.10. The minimum atomic E-state index is -0.146. The van der Waals surface area contributed by atoms with Crippen LogP contribution in [-0.4, -0.2) is 40.1 Å². The minimum absolute atomic E-state index is 0.0916. The molecule has 1 saturated heterocycles. The molecule has 1 atom stereocenters. The summed E-state index contributed by atoms with van der Waals surface area (Å²) in [6.45, 7) is 3.30. The minimum Gasteiger partial charge on any atom is -0.350 e. The van der Waals surface area contributed by atoms with Crippen molar-refractivity contribution in [3.05, 3.63) is 29.7 Å². The third-order valence-electron chi connectivity index (χ3n) is 4.84. The van der Waals surface area contributed by atoms with Crippen LogP contribution in [0.25, 0.3) is 0 Å². The van der Waals surface area contributed by atoms with Crippen molar-refractivity contribution in [1.82, 2.24) is 20.0 Å². The lowest BCUT2D eigenvalue weighted by molar-refractivity contribution is -0.131. The van der Waals surface area contributed by atoms with E-state index in [1.54, 1.807) is 21.8 Å². The molecule has 2 heterocycles. The van der Waals surface area contributed by atoms with Crippen LogP contribution in [0.5, 0.6) is 0 Å². The number of likely N-dealkylation sites (tertiary alicyclic amines) is 1. The molecule has 3 rings (SSSR count). The normalized spacial score (nSPS) is 24.2. The standard InChI is InChI=1S/C16H22N4O2/c1-3-20-10-7-12(18-20)15(22)17-11-16-8-4-5-13(16)19(2)14(21)6-9-16/h5,7,10H,3-4,6,8-9,11H2,1-2H3,(H,17,22). The number of fused-ring (bicyclic) bond motifs is 1. The fraction of sp³-hybridized carbons (Fsp3) is 0.562. The fourth-order valence-corrected chi connectivity index (χ4v) is 3.49. The number of aryl methyl sites for hydroxylation is 1. The Balaban J connectivity index is 1.69. The summed E-state index contributed by atoms with van der Waals surface area (Å²) in [7, 11) is 1.83. The number of nitrogens with zero attached hydrogens (tertiary/aromatic N) is 3. The molecule has 1 N–H and O–H groups in total. The topological polar surface area (TPSA) is 67.2 Å². The lowest BCUT2D eigenvalue weighted by atomic mass is 9.77. The lowest BCUT2D eigenvalue weighted by Crippen LogP contribution is -2.46. The largest absolute Gasteiger partial charge is 0.350 e. The summed E-state index contributed by atoms with van der Waals surface area (Å²) in [5, 5.41) is 7.24. The molecule has 2 aliphatic rings. The number of aromatic nitrogens is 2. The molecule has 1 fully saturated rings. The van der Waals surface area contributed by atoms with Crippen LogP contribution in [0.1, 0.15) is 43.1 Å². The maximum absolute atomic E-state index is 12.3. The number of piperidine rings is 1. The summed E-state index contributed by atoms with van der Waals surface area (Å²) >= 11 is 0. The molecule has 1 aliphatic heterocycles. The molecule has 0 radical (unpaired) electrons. The van der Waals surface area contributed by atoms with Crippen LogP contribution in [0.2, 0.25) is 0 Å². The smallest absolute Gasteiger partial charge is 0.271 e. The number of rotatable bonds is 4. The van der Waals surface area contributed by atoms with Gasteiger partial charge in [-0.3, -0.25) is 14.3 Å². The van der Waals surface area contributed by atoms with Crippen molar-refractivity contribution in [2.45, 2.75) is 39.2 Å². The van der Waals surface area contributed by atoms with E-state index < -0.39 is 0 Å². The van der Waals surface area contributed by atoms with Crippen molar-refractivity contribution in [2.75, 3.05) is 13.6 Å². The number of carbonyl (C=O) groups is 2. The lowest BCUT2D eigenvalue weighted by Gasteiger charge is -2.41. The molecule has 6 nitrogen and oxygen atoms in total. The van der Waals surface area contributed by atoms with Crippen LogP contribution < -0.4 is 5.32 Å². The zero-order valence-electron chi connectivity index (χ0n) is 13.1. The summed E-state index contributed by atoms with van der Waals surface area (Å²) in [6, 6.07) is 1.73. The highest BCUT2D eigenvalue weighted by Gasteiger charge is 2.44. The first-order valence-electron chi connectivity index (χ1n) is 7.84. The average Bonchev–Trinajstić information content (AvgIpc) is 3.16. The summed E-state index contributed by atoms with van der Waals surface area (Å²) < 4.78 is 1.74. The molecule has 1 aromatic heterocycles. The Morgan fingerprint density at radius 2 is 2.27 bits per heavy atom. The Morgan fingerprint density at radius 3 is 3.00 bits per heavy atom. The van der Waals surface area contributed by atoms with E-state index in [-0.39, 0.29) is 17.2 Å². The Morgan fingerprint density at radius 1 is 1.45 bits per heavy atom. The van der Waals surface area contributed by atoms with E-state index in [9.17, 15) is 9.59 Å². The molecule has 1 aromatic rings. The second-order valence-electron chi connectivity index (χ2n) is 6.10. The van der Waals surface area contributed by atoms with Gasteiger partial charge in [0.05, 0.1) is 0 Å². The quantitative estimate of drug-likeness (QED) is 0.917. The SMILES string of the molecule is CCn1ccc(C(=O)NCC23CCC=C2N(C)C(=O)CC3)n1. The molecule has 0 aromatic carbocycles. The summed E-state index contributed by atoms with van der Waals surface area (Å²) in [5.74, 6) is 0.0177. The van der Waals surface area contributed by atoms with Crippen LogP contribution in [0.3, 0.4) is 0 Å². The number of nitrogens with one attached hydrogen (secondary N) is 1. The second kappa shape index (κ2) is 5.59. The van der Waals surface area contributed by atoms with Gasteiger partial charge < -0.3 is 10.2 Å². The van der Waals surface area contributed by atoms with Crippen molar-refractivity contribution in [3.8, 4) is 0 Å². The highest BCUT2D eigenvalue weighted by molar-refractivity contribution is 5.92. The summed E-state index contributed by atoms with van der Waals surface area (Å²) in [5.41, 5.74) is 1.43. The van der Waals surface area contributed by atoms with E-state index in [2.05, 4.69) is 16.5 Å². The molecule has 118 valence electrons. The van der Waals surface area contributed by atoms with Gasteiger partial charge >= 0.3 is 0 Å². The monoisotopic (exact) mass is 302 g/mol. The Bertz CT molecular complexity index is 634. The molecule has 22 heavy (non-hydrogen) atoms. The van der Waals surface area contributed by atoms with Crippen LogP contribution in [0.15, 0.2) is 24.0 Å². The van der Waals surface area contributed by atoms with E-state index >= 15 is 0 Å². The van der Waals surface area contributed by atoms with E-state index in [1.165, 1.54) is 0 Å². The van der Waals surface area contributed by atoms with Gasteiger partial charge in [0.1, 0.15) is 5.69 Å². The van der Waals surface area contributed by atoms with Gasteiger partial charge in [0.15, 0.2) is 0 Å². The molecular weight excluding hydrogens is 280 g/mol. The zero-order chi connectivity index (χ0) is 15.7. The van der Waals surface area contributed by atoms with Crippen LogP contribution in [-0.2, 0) is 11.3 Å². The molecule has 0 saturated carbocycles. The highest BCUT2D eigenvalue weighted by Crippen LogP contribution is 2.46. The number of hydrogen-bond donors (Lipinski definition) is 1. The molecule has 0 bridgehead atoms. The summed E-state index contributed by atoms with van der Waals surface area (Å²) in [6.07, 6.45) is 7.26. The molecule has 0 spiro atoms. The van der Waals surface area contributed by atoms with Gasteiger partial charge in [0.25, 0.3) is 5.91 Å². The van der Waals surface area contributed by atoms with E-state index in [0.29, 0.717) is 18.7 Å². The van der Waals surface area contributed by atoms with Crippen molar-refractivity contribution in [3.63, 3.8) is 0 Å². The number of carbonyl (C=O) groups excluding carboxylic acids is 2. The number of amides is 2. The number of allylic oxidation sites excluding steroid dienone is 1. The van der Waals surface area contributed by atoms with E-state index in [1.807, 2.05) is 14.0 Å². The molecule has 1 aliphatic carbocycles. The van der Waals surface area contributed by atoms with Gasteiger partial charge in [-0.25, -0.2) is 0 Å². The first kappa shape index (κ1) is 14.8. The van der Waals surface area contributed by atoms with Gasteiger partial charge in [-0.1, -0.05) is 6.08 Å². The fourth-order valence-electron chi connectivity index (χ4n) is 3.49. The van der Waals surface area contributed by atoms with Crippen molar-refractivity contribution < 1.29 is 9.59 Å². The highest BCUT2D eigenvalue weighted by atomic mass is 16.2. The van der Waals surface area contributed by atoms with Crippen molar-refractivity contribution in [2.24, 2.45) is 5.41 Å². The van der Waals surface area contributed by atoms with Gasteiger partial charge in [-0.15, -0.1) is 0 Å². The average molecular weight is 302 g/mol. The van der Waals surface area contributed by atoms with Gasteiger partial charge in [-0.05, 0) is 32.3 Å². The Kier molecular flexibility index (Phi) is 3.76. The van der Waals surface area contributed by atoms with Gasteiger partial charge in [0.2, 0.25) is 5.91 Å². The first-order chi connectivity index (χ1) is 10.6. The summed E-state index contributed by atoms with van der Waals surface area (Å²) in [4.78, 5) is 25.9. The third-order valence-corrected chi connectivity index (χ3v) is 4.84. The maximum atomic E-state index is 12.3. The van der Waals surface area contributed by atoms with Crippen LogP contribution >= 0.6 is 0 Å². The predicted octanol–water partition coefficient (Wildman–Crippen LogP) is 1.55. The Labute approximate surface area is 130 Å². The Hall–Kier alpha value is -2.11. The molecule has 2 amide bonds. The van der Waals surface area contributed by atoms with Crippen molar-refractivity contribution >= 4 is 11.8 Å². The third kappa shape index (κ3) is 2.42. The van der Waals surface area contributed by atoms with E-state index in [4.69, 9.17) is 0 Å².